The van der Waals surface area contributed by atoms with E-state index in [9.17, 15) is 5.21 Å². The molecule has 0 saturated carbocycles. The van der Waals surface area contributed by atoms with Crippen molar-refractivity contribution in [3.05, 3.63) is 0 Å². The van der Waals surface area contributed by atoms with Crippen LogP contribution in [0, 0.1) is 0 Å². The molecule has 0 aromatic heterocycles. The summed E-state index contributed by atoms with van der Waals surface area (Å²) in [7, 11) is 0. The summed E-state index contributed by atoms with van der Waals surface area (Å²) in [5, 5.41) is 28.4. The Balaban J connectivity index is 2.53. The van der Waals surface area contributed by atoms with Gasteiger partial charge in [0.05, 0.1) is 6.04 Å². The minimum absolute atomic E-state index is 0.0885. The molecule has 4 heteroatoms. The first-order valence-electron chi connectivity index (χ1n) is 4.50. The molecule has 0 amide bonds. The van der Waals surface area contributed by atoms with Crippen LogP contribution in [0.4, 0.5) is 0 Å². The van der Waals surface area contributed by atoms with E-state index in [2.05, 4.69) is 0 Å². The predicted molar refractivity (Wildman–Crippen MR) is 43.6 cm³/mol. The smallest absolute Gasteiger partial charge is 0.169 e. The summed E-state index contributed by atoms with van der Waals surface area (Å²) in [6.07, 6.45) is 1.97. The summed E-state index contributed by atoms with van der Waals surface area (Å²) < 4.78 is 0. The molecule has 4 nitrogen and oxygen atoms in total. The van der Waals surface area contributed by atoms with Gasteiger partial charge in [0.2, 0.25) is 0 Å². The molecule has 72 valence electrons. The van der Waals surface area contributed by atoms with Gasteiger partial charge < -0.3 is 15.4 Å². The topological polar surface area (TPSA) is 63.9 Å². The number of hydroxylamine groups is 2. The van der Waals surface area contributed by atoms with Crippen LogP contribution in [-0.2, 0) is 0 Å². The van der Waals surface area contributed by atoms with Gasteiger partial charge in [-0.3, -0.25) is 0 Å². The molecule has 0 spiro atoms. The van der Waals surface area contributed by atoms with Gasteiger partial charge in [0.15, 0.2) is 6.29 Å². The predicted octanol–water partition coefficient (Wildman–Crippen LogP) is 0.319. The molecule has 0 radical (unpaired) electrons. The fraction of sp³-hybridized carbons (Fsp3) is 1.00. The van der Waals surface area contributed by atoms with E-state index in [1.54, 1.807) is 0 Å². The van der Waals surface area contributed by atoms with Crippen molar-refractivity contribution in [2.24, 2.45) is 0 Å². The molecule has 1 heterocycles. The van der Waals surface area contributed by atoms with Gasteiger partial charge in [0.25, 0.3) is 0 Å². The average Bonchev–Trinajstić information content (AvgIpc) is 2.04. The molecule has 1 aliphatic heterocycles. The molecule has 1 aliphatic rings. The van der Waals surface area contributed by atoms with Gasteiger partial charge >= 0.3 is 0 Å². The van der Waals surface area contributed by atoms with E-state index in [1.807, 2.05) is 6.92 Å². The molecule has 2 unspecified atom stereocenters. The second-order valence-corrected chi connectivity index (χ2v) is 3.35. The summed E-state index contributed by atoms with van der Waals surface area (Å²) in [6.45, 7) is 1.99. The van der Waals surface area contributed by atoms with Gasteiger partial charge in [-0.1, -0.05) is 6.92 Å². The van der Waals surface area contributed by atoms with Crippen LogP contribution in [0.2, 0.25) is 0 Å². The lowest BCUT2D eigenvalue weighted by Gasteiger charge is -2.37. The van der Waals surface area contributed by atoms with Crippen molar-refractivity contribution in [2.75, 3.05) is 0 Å². The standard InChI is InChI=1S/C8H17NO3/c1-2-6-4-3-5-7(8(10)11)9(6)12/h6-8,10-12H,2-5H2,1H3. The SMILES string of the molecule is CCC1CCCC(C(O)O)N1O. The molecule has 1 rings (SSSR count). The van der Waals surface area contributed by atoms with Crippen molar-refractivity contribution in [1.82, 2.24) is 5.06 Å². The third-order valence-corrected chi connectivity index (χ3v) is 2.57. The van der Waals surface area contributed by atoms with Crippen LogP contribution in [0.25, 0.3) is 0 Å². The largest absolute Gasteiger partial charge is 0.367 e. The summed E-state index contributed by atoms with van der Waals surface area (Å²) in [6, 6.07) is -0.408. The second-order valence-electron chi connectivity index (χ2n) is 3.35. The Morgan fingerprint density at radius 1 is 1.42 bits per heavy atom. The summed E-state index contributed by atoms with van der Waals surface area (Å²) >= 11 is 0. The molecule has 3 N–H and O–H groups in total. The Labute approximate surface area is 72.4 Å². The van der Waals surface area contributed by atoms with E-state index < -0.39 is 12.3 Å². The monoisotopic (exact) mass is 175 g/mol. The minimum Gasteiger partial charge on any atom is -0.367 e. The molecular weight excluding hydrogens is 158 g/mol. The number of piperidine rings is 1. The van der Waals surface area contributed by atoms with E-state index >= 15 is 0 Å². The summed E-state index contributed by atoms with van der Waals surface area (Å²) in [5.41, 5.74) is 0. The molecule has 0 aromatic rings. The maximum Gasteiger partial charge on any atom is 0.169 e. The van der Waals surface area contributed by atoms with Crippen molar-refractivity contribution >= 4 is 0 Å². The Hall–Kier alpha value is -0.160. The molecule has 0 aromatic carbocycles. The first kappa shape index (κ1) is 9.92. The normalized spacial score (nSPS) is 32.8. The van der Waals surface area contributed by atoms with Crippen molar-refractivity contribution in [2.45, 2.75) is 51.0 Å². The van der Waals surface area contributed by atoms with E-state index in [0.717, 1.165) is 24.3 Å². The third-order valence-electron chi connectivity index (χ3n) is 2.57. The quantitative estimate of drug-likeness (QED) is 0.529. The van der Waals surface area contributed by atoms with Crippen LogP contribution in [-0.4, -0.2) is 38.9 Å². The molecule has 1 saturated heterocycles. The van der Waals surface area contributed by atoms with E-state index in [1.165, 1.54) is 0 Å². The maximum absolute atomic E-state index is 9.51. The van der Waals surface area contributed by atoms with E-state index in [0.29, 0.717) is 6.42 Å². The highest BCUT2D eigenvalue weighted by molar-refractivity contribution is 4.79. The lowest BCUT2D eigenvalue weighted by Crippen LogP contribution is -2.49. The van der Waals surface area contributed by atoms with Gasteiger partial charge in [-0.05, 0) is 25.7 Å². The Kier molecular flexibility index (Phi) is 3.46. The van der Waals surface area contributed by atoms with Crippen LogP contribution in [0.3, 0.4) is 0 Å². The fourth-order valence-electron chi connectivity index (χ4n) is 1.77. The van der Waals surface area contributed by atoms with Gasteiger partial charge in [-0.15, -0.1) is 0 Å². The molecule has 0 bridgehead atoms. The average molecular weight is 175 g/mol. The Morgan fingerprint density at radius 2 is 2.08 bits per heavy atom. The van der Waals surface area contributed by atoms with Crippen LogP contribution in [0.5, 0.6) is 0 Å². The first-order valence-corrected chi connectivity index (χ1v) is 4.50. The van der Waals surface area contributed by atoms with E-state index in [4.69, 9.17) is 10.2 Å². The highest BCUT2D eigenvalue weighted by atomic mass is 16.5. The second kappa shape index (κ2) is 4.18. The van der Waals surface area contributed by atoms with Crippen molar-refractivity contribution in [3.8, 4) is 0 Å². The number of rotatable bonds is 2. The number of nitrogens with zero attached hydrogens (tertiary/aromatic N) is 1. The van der Waals surface area contributed by atoms with Crippen molar-refractivity contribution in [1.29, 1.82) is 0 Å². The Morgan fingerprint density at radius 3 is 2.58 bits per heavy atom. The van der Waals surface area contributed by atoms with Gasteiger partial charge in [0.1, 0.15) is 0 Å². The van der Waals surface area contributed by atoms with Crippen molar-refractivity contribution in [3.63, 3.8) is 0 Å². The third kappa shape index (κ3) is 1.95. The zero-order valence-electron chi connectivity index (χ0n) is 7.35. The Bertz CT molecular complexity index is 140. The minimum atomic E-state index is -1.43. The van der Waals surface area contributed by atoms with E-state index in [-0.39, 0.29) is 6.04 Å². The molecule has 12 heavy (non-hydrogen) atoms. The number of aliphatic hydroxyl groups excluding tert-OH is 1. The fourth-order valence-corrected chi connectivity index (χ4v) is 1.77. The number of hydrogen-bond acceptors (Lipinski definition) is 4. The van der Waals surface area contributed by atoms with Gasteiger partial charge in [-0.25, -0.2) is 0 Å². The van der Waals surface area contributed by atoms with Crippen molar-refractivity contribution < 1.29 is 15.4 Å². The number of aliphatic hydroxyl groups is 2. The van der Waals surface area contributed by atoms with Crippen LogP contribution < -0.4 is 0 Å². The molecule has 2 atom stereocenters. The van der Waals surface area contributed by atoms with Crippen LogP contribution >= 0.6 is 0 Å². The van der Waals surface area contributed by atoms with Crippen LogP contribution in [0.1, 0.15) is 32.6 Å². The molecule has 0 aliphatic carbocycles. The highest BCUT2D eigenvalue weighted by Gasteiger charge is 2.32. The summed E-state index contributed by atoms with van der Waals surface area (Å²) in [5.74, 6) is 0. The highest BCUT2D eigenvalue weighted by Crippen LogP contribution is 2.24. The molecular formula is C8H17NO3. The molecule has 1 fully saturated rings. The maximum atomic E-state index is 9.51. The zero-order chi connectivity index (χ0) is 9.14. The zero-order valence-corrected chi connectivity index (χ0v) is 7.35. The lowest BCUT2D eigenvalue weighted by molar-refractivity contribution is -0.236. The summed E-state index contributed by atoms with van der Waals surface area (Å²) in [4.78, 5) is 0. The van der Waals surface area contributed by atoms with Gasteiger partial charge in [-0.2, -0.15) is 5.06 Å². The van der Waals surface area contributed by atoms with Gasteiger partial charge in [0, 0.05) is 6.04 Å². The lowest BCUT2D eigenvalue weighted by atomic mass is 9.96. The number of hydrogen-bond donors (Lipinski definition) is 3. The first-order chi connectivity index (χ1) is 5.66. The van der Waals surface area contributed by atoms with Crippen LogP contribution in [0.15, 0.2) is 0 Å².